The van der Waals surface area contributed by atoms with Crippen molar-refractivity contribution in [3.8, 4) is 0 Å². The highest BCUT2D eigenvalue weighted by Crippen LogP contribution is 2.19. The van der Waals surface area contributed by atoms with Crippen molar-refractivity contribution in [2.75, 3.05) is 12.0 Å². The Labute approximate surface area is 139 Å². The first-order chi connectivity index (χ1) is 11.1. The third-order valence-corrected chi connectivity index (χ3v) is 4.41. The molecule has 0 bridgehead atoms. The second-order valence-electron chi connectivity index (χ2n) is 5.45. The zero-order valence-corrected chi connectivity index (χ0v) is 14.0. The smallest absolute Gasteiger partial charge is 0.326 e. The van der Waals surface area contributed by atoms with Crippen LogP contribution in [0.25, 0.3) is 10.9 Å². The van der Waals surface area contributed by atoms with Gasteiger partial charge in [-0.15, -0.1) is 0 Å². The van der Waals surface area contributed by atoms with E-state index in [0.29, 0.717) is 25.0 Å². The molecule has 0 spiro atoms. The van der Waals surface area contributed by atoms with Gasteiger partial charge in [-0.3, -0.25) is 4.79 Å². The van der Waals surface area contributed by atoms with Crippen molar-refractivity contribution < 1.29 is 14.7 Å². The van der Waals surface area contributed by atoms with Crippen molar-refractivity contribution in [1.29, 1.82) is 0 Å². The number of amides is 1. The molecule has 1 heterocycles. The monoisotopic (exact) mass is 334 g/mol. The zero-order chi connectivity index (χ0) is 16.7. The maximum absolute atomic E-state index is 11.9. The Bertz CT molecular complexity index is 669. The number of fused-ring (bicyclic) bond motifs is 1. The molecule has 1 amide bonds. The Balaban J connectivity index is 1.81. The number of thioether (sulfide) groups is 1. The number of carbonyl (C=O) groups excluding carboxylic acids is 1. The van der Waals surface area contributed by atoms with Crippen LogP contribution in [0, 0.1) is 0 Å². The largest absolute Gasteiger partial charge is 0.480 e. The number of rotatable bonds is 9. The van der Waals surface area contributed by atoms with Crippen LogP contribution in [0.3, 0.4) is 0 Å². The number of carboxylic acid groups (broad SMARTS) is 1. The highest BCUT2D eigenvalue weighted by atomic mass is 32.2. The molecule has 2 aromatic rings. The number of aromatic amines is 1. The Morgan fingerprint density at radius 3 is 2.87 bits per heavy atom. The fourth-order valence-electron chi connectivity index (χ4n) is 2.54. The summed E-state index contributed by atoms with van der Waals surface area (Å²) >= 11 is 1.57. The molecule has 0 fully saturated rings. The molecule has 0 radical (unpaired) electrons. The number of aromatic nitrogens is 1. The minimum atomic E-state index is -0.968. The summed E-state index contributed by atoms with van der Waals surface area (Å²) in [6.07, 6.45) is 6.17. The number of aryl methyl sites for hydroxylation is 1. The van der Waals surface area contributed by atoms with Crippen molar-refractivity contribution >= 4 is 34.5 Å². The van der Waals surface area contributed by atoms with Crippen molar-refractivity contribution in [3.63, 3.8) is 0 Å². The van der Waals surface area contributed by atoms with Gasteiger partial charge in [0.15, 0.2) is 0 Å². The van der Waals surface area contributed by atoms with Crippen LogP contribution in [0.5, 0.6) is 0 Å². The van der Waals surface area contributed by atoms with E-state index in [4.69, 9.17) is 5.11 Å². The Morgan fingerprint density at radius 1 is 1.35 bits per heavy atom. The van der Waals surface area contributed by atoms with Gasteiger partial charge in [-0.1, -0.05) is 18.2 Å². The number of para-hydroxylation sites is 1. The third-order valence-electron chi connectivity index (χ3n) is 3.77. The predicted octanol–water partition coefficient (Wildman–Crippen LogP) is 2.81. The lowest BCUT2D eigenvalue weighted by Gasteiger charge is -2.13. The minimum Gasteiger partial charge on any atom is -0.480 e. The number of benzene rings is 1. The summed E-state index contributed by atoms with van der Waals surface area (Å²) in [6, 6.07) is 7.27. The lowest BCUT2D eigenvalue weighted by atomic mass is 10.1. The first-order valence-corrected chi connectivity index (χ1v) is 9.07. The van der Waals surface area contributed by atoms with Crippen LogP contribution in [0.1, 0.15) is 24.8 Å². The number of carboxylic acids is 1. The van der Waals surface area contributed by atoms with Crippen LogP contribution in [-0.4, -0.2) is 40.0 Å². The SMILES string of the molecule is CSCC[C@H](NC(=O)CCCc1c[nH]c2ccccc12)C(=O)O. The van der Waals surface area contributed by atoms with Crippen LogP contribution in [0.4, 0.5) is 0 Å². The lowest BCUT2D eigenvalue weighted by Crippen LogP contribution is -2.41. The van der Waals surface area contributed by atoms with E-state index in [1.165, 1.54) is 10.9 Å². The quantitative estimate of drug-likeness (QED) is 0.658. The van der Waals surface area contributed by atoms with Crippen LogP contribution < -0.4 is 5.32 Å². The topological polar surface area (TPSA) is 82.2 Å². The molecule has 0 unspecified atom stereocenters. The van der Waals surface area contributed by atoms with Crippen LogP contribution >= 0.6 is 11.8 Å². The minimum absolute atomic E-state index is 0.196. The van der Waals surface area contributed by atoms with Gasteiger partial charge < -0.3 is 15.4 Å². The van der Waals surface area contributed by atoms with E-state index in [1.807, 2.05) is 30.7 Å². The van der Waals surface area contributed by atoms with Crippen LogP contribution in [0.15, 0.2) is 30.5 Å². The fraction of sp³-hybridized carbons (Fsp3) is 0.412. The van der Waals surface area contributed by atoms with Crippen molar-refractivity contribution in [2.45, 2.75) is 31.7 Å². The lowest BCUT2D eigenvalue weighted by molar-refractivity contribution is -0.141. The molecule has 23 heavy (non-hydrogen) atoms. The molecule has 0 aliphatic heterocycles. The summed E-state index contributed by atoms with van der Waals surface area (Å²) in [7, 11) is 0. The molecule has 0 saturated carbocycles. The third kappa shape index (κ3) is 5.03. The average Bonchev–Trinajstić information content (AvgIpc) is 2.94. The van der Waals surface area contributed by atoms with Crippen LogP contribution in [0.2, 0.25) is 0 Å². The van der Waals surface area contributed by atoms with E-state index < -0.39 is 12.0 Å². The van der Waals surface area contributed by atoms with Gasteiger partial charge in [0.05, 0.1) is 0 Å². The van der Waals surface area contributed by atoms with E-state index in [2.05, 4.69) is 16.4 Å². The van der Waals surface area contributed by atoms with Gasteiger partial charge in [0, 0.05) is 23.5 Å². The molecule has 2 rings (SSSR count). The summed E-state index contributed by atoms with van der Waals surface area (Å²) in [5, 5.41) is 12.9. The molecule has 124 valence electrons. The molecule has 1 aromatic heterocycles. The van der Waals surface area contributed by atoms with Gasteiger partial charge in [0.2, 0.25) is 5.91 Å². The van der Waals surface area contributed by atoms with E-state index in [1.54, 1.807) is 11.8 Å². The van der Waals surface area contributed by atoms with Gasteiger partial charge in [-0.05, 0) is 42.9 Å². The van der Waals surface area contributed by atoms with Gasteiger partial charge in [0.1, 0.15) is 6.04 Å². The highest BCUT2D eigenvalue weighted by molar-refractivity contribution is 7.98. The Kier molecular flexibility index (Phi) is 6.52. The van der Waals surface area contributed by atoms with Gasteiger partial charge in [-0.25, -0.2) is 4.79 Å². The number of hydrogen-bond donors (Lipinski definition) is 3. The highest BCUT2D eigenvalue weighted by Gasteiger charge is 2.19. The van der Waals surface area contributed by atoms with E-state index in [0.717, 1.165) is 11.9 Å². The molecule has 0 aliphatic rings. The Hall–Kier alpha value is -1.95. The molecule has 1 aromatic carbocycles. The molecule has 0 saturated heterocycles. The average molecular weight is 334 g/mol. The summed E-state index contributed by atoms with van der Waals surface area (Å²) in [6.45, 7) is 0. The summed E-state index contributed by atoms with van der Waals surface area (Å²) in [5.74, 6) is -0.450. The molecule has 0 aliphatic carbocycles. The molecule has 3 N–H and O–H groups in total. The van der Waals surface area contributed by atoms with Crippen molar-refractivity contribution in [2.24, 2.45) is 0 Å². The van der Waals surface area contributed by atoms with E-state index in [9.17, 15) is 9.59 Å². The number of carbonyl (C=O) groups is 2. The molecular weight excluding hydrogens is 312 g/mol. The summed E-state index contributed by atoms with van der Waals surface area (Å²) in [5.41, 5.74) is 2.28. The maximum atomic E-state index is 11.9. The fourth-order valence-corrected chi connectivity index (χ4v) is 3.01. The molecule has 6 heteroatoms. The second-order valence-corrected chi connectivity index (χ2v) is 6.44. The standard InChI is InChI=1S/C17H22N2O3S/c1-23-10-9-15(17(21)22)19-16(20)8-4-5-12-11-18-14-7-3-2-6-13(12)14/h2-3,6-7,11,15,18H,4-5,8-10H2,1H3,(H,19,20)(H,21,22)/t15-/m0/s1. The van der Waals surface area contributed by atoms with Gasteiger partial charge in [-0.2, -0.15) is 11.8 Å². The summed E-state index contributed by atoms with van der Waals surface area (Å²) < 4.78 is 0. The number of H-pyrrole nitrogens is 1. The van der Waals surface area contributed by atoms with Crippen molar-refractivity contribution in [1.82, 2.24) is 10.3 Å². The van der Waals surface area contributed by atoms with Crippen molar-refractivity contribution in [3.05, 3.63) is 36.0 Å². The molecule has 1 atom stereocenters. The zero-order valence-electron chi connectivity index (χ0n) is 13.2. The normalized spacial score (nSPS) is 12.2. The maximum Gasteiger partial charge on any atom is 0.326 e. The number of hydrogen-bond acceptors (Lipinski definition) is 3. The predicted molar refractivity (Wildman–Crippen MR) is 93.8 cm³/mol. The first-order valence-electron chi connectivity index (χ1n) is 7.68. The van der Waals surface area contributed by atoms with Gasteiger partial charge in [0.25, 0.3) is 0 Å². The second kappa shape index (κ2) is 8.62. The number of aliphatic carboxylic acids is 1. The Morgan fingerprint density at radius 2 is 2.13 bits per heavy atom. The van der Waals surface area contributed by atoms with Crippen LogP contribution in [-0.2, 0) is 16.0 Å². The van der Waals surface area contributed by atoms with Gasteiger partial charge >= 0.3 is 5.97 Å². The number of nitrogens with one attached hydrogen (secondary N) is 2. The summed E-state index contributed by atoms with van der Waals surface area (Å²) in [4.78, 5) is 26.3. The van der Waals surface area contributed by atoms with E-state index >= 15 is 0 Å². The first kappa shape index (κ1) is 17.4. The van der Waals surface area contributed by atoms with E-state index in [-0.39, 0.29) is 5.91 Å². The molecule has 5 nitrogen and oxygen atoms in total. The molecular formula is C17H22N2O3S.